The summed E-state index contributed by atoms with van der Waals surface area (Å²) < 4.78 is 27.0. The normalized spacial score (nSPS) is 21.9. The maximum absolute atomic E-state index is 12.4. The van der Waals surface area contributed by atoms with Crippen LogP contribution in [0, 0.1) is 0 Å². The van der Waals surface area contributed by atoms with Gasteiger partial charge in [-0.05, 0) is 25.3 Å². The first-order valence-electron chi connectivity index (χ1n) is 8.39. The fourth-order valence-corrected chi connectivity index (χ4v) is 3.96. The van der Waals surface area contributed by atoms with Crippen molar-refractivity contribution in [3.8, 4) is 0 Å². The highest BCUT2D eigenvalue weighted by Crippen LogP contribution is 2.23. The Kier molecular flexibility index (Phi) is 5.21. The largest absolute Gasteiger partial charge is 0.342 e. The summed E-state index contributed by atoms with van der Waals surface area (Å²) in [6.45, 7) is 3.94. The summed E-state index contributed by atoms with van der Waals surface area (Å²) in [5, 5.41) is 4.36. The number of amides is 1. The van der Waals surface area contributed by atoms with Gasteiger partial charge in [0.05, 0.1) is 24.5 Å². The summed E-state index contributed by atoms with van der Waals surface area (Å²) in [5.74, 6) is 0.188. The van der Waals surface area contributed by atoms with Gasteiger partial charge in [0.15, 0.2) is 0 Å². The molecule has 24 heavy (non-hydrogen) atoms. The molecule has 3 rings (SSSR count). The van der Waals surface area contributed by atoms with Gasteiger partial charge >= 0.3 is 0 Å². The number of likely N-dealkylation sites (tertiary alicyclic amines) is 1. The van der Waals surface area contributed by atoms with Crippen molar-refractivity contribution in [1.29, 1.82) is 0 Å². The number of carbonyl (C=O) groups is 1. The molecule has 1 N–H and O–H groups in total. The maximum Gasteiger partial charge on any atom is 0.236 e. The van der Waals surface area contributed by atoms with Crippen LogP contribution in [0.3, 0.4) is 0 Å². The van der Waals surface area contributed by atoms with E-state index in [0.29, 0.717) is 32.6 Å². The van der Waals surface area contributed by atoms with E-state index in [4.69, 9.17) is 0 Å². The van der Waals surface area contributed by atoms with Crippen LogP contribution in [-0.4, -0.2) is 72.9 Å². The average molecular weight is 355 g/mol. The molecule has 1 aromatic rings. The van der Waals surface area contributed by atoms with Crippen molar-refractivity contribution in [3.05, 3.63) is 18.0 Å². The van der Waals surface area contributed by atoms with Gasteiger partial charge in [0.1, 0.15) is 0 Å². The minimum absolute atomic E-state index is 0.0735. The first-order valence-corrected chi connectivity index (χ1v) is 10.3. The lowest BCUT2D eigenvalue weighted by Crippen LogP contribution is -2.44. The second-order valence-electron chi connectivity index (χ2n) is 6.63. The van der Waals surface area contributed by atoms with Gasteiger partial charge in [-0.1, -0.05) is 0 Å². The number of aromatic nitrogens is 2. The molecule has 134 valence electrons. The molecule has 1 unspecified atom stereocenters. The van der Waals surface area contributed by atoms with Gasteiger partial charge in [-0.25, -0.2) is 13.1 Å². The minimum atomic E-state index is -3.19. The summed E-state index contributed by atoms with van der Waals surface area (Å²) in [6.07, 6.45) is 5.76. The van der Waals surface area contributed by atoms with E-state index in [-0.39, 0.29) is 11.9 Å². The number of hydrogen-bond donors (Lipinski definition) is 1. The fourth-order valence-electron chi connectivity index (χ4n) is 3.47. The number of fused-ring (bicyclic) bond motifs is 1. The summed E-state index contributed by atoms with van der Waals surface area (Å²) >= 11 is 0. The zero-order chi connectivity index (χ0) is 17.2. The van der Waals surface area contributed by atoms with E-state index in [0.717, 1.165) is 37.9 Å². The molecule has 0 aromatic carbocycles. The first kappa shape index (κ1) is 17.4. The van der Waals surface area contributed by atoms with Gasteiger partial charge < -0.3 is 4.90 Å². The SMILES string of the molecule is CS(=O)(=O)NCCC1CN(CC(=O)N2CCCC2)Cc2ccnn21. The predicted octanol–water partition coefficient (Wildman–Crippen LogP) is -0.198. The molecule has 0 aliphatic carbocycles. The number of rotatable bonds is 6. The molecule has 1 saturated heterocycles. The molecule has 0 bridgehead atoms. The fraction of sp³-hybridized carbons (Fsp3) is 0.733. The van der Waals surface area contributed by atoms with Crippen LogP contribution in [0.5, 0.6) is 0 Å². The number of sulfonamides is 1. The van der Waals surface area contributed by atoms with Gasteiger partial charge in [-0.2, -0.15) is 5.10 Å². The van der Waals surface area contributed by atoms with Crippen LogP contribution >= 0.6 is 0 Å². The number of nitrogens with zero attached hydrogens (tertiary/aromatic N) is 4. The molecule has 1 aromatic heterocycles. The monoisotopic (exact) mass is 355 g/mol. The van der Waals surface area contributed by atoms with Crippen LogP contribution in [0.4, 0.5) is 0 Å². The Bertz CT molecular complexity index is 681. The Labute approximate surface area is 142 Å². The predicted molar refractivity (Wildman–Crippen MR) is 89.8 cm³/mol. The quantitative estimate of drug-likeness (QED) is 0.764. The standard InChI is InChI=1S/C15H25N5O3S/c1-24(22,23)17-7-5-14-11-18(10-13-4-6-16-20(13)14)12-15(21)19-8-2-3-9-19/h4,6,14,17H,2-3,5,7-12H2,1H3. The third kappa shape index (κ3) is 4.34. The van der Waals surface area contributed by atoms with E-state index in [1.54, 1.807) is 6.20 Å². The number of nitrogens with one attached hydrogen (secondary N) is 1. The van der Waals surface area contributed by atoms with E-state index < -0.39 is 10.0 Å². The molecule has 9 heteroatoms. The lowest BCUT2D eigenvalue weighted by molar-refractivity contribution is -0.131. The van der Waals surface area contributed by atoms with Crippen molar-refractivity contribution < 1.29 is 13.2 Å². The smallest absolute Gasteiger partial charge is 0.236 e. The molecule has 8 nitrogen and oxygen atoms in total. The lowest BCUT2D eigenvalue weighted by atomic mass is 10.1. The molecule has 2 aliphatic rings. The van der Waals surface area contributed by atoms with Crippen LogP contribution in [0.15, 0.2) is 12.3 Å². The van der Waals surface area contributed by atoms with Gasteiger partial charge in [0, 0.05) is 38.9 Å². The van der Waals surface area contributed by atoms with E-state index in [2.05, 4.69) is 14.7 Å². The van der Waals surface area contributed by atoms with Crippen molar-refractivity contribution in [2.24, 2.45) is 0 Å². The summed E-state index contributed by atoms with van der Waals surface area (Å²) in [7, 11) is -3.19. The Hall–Kier alpha value is -1.45. The summed E-state index contributed by atoms with van der Waals surface area (Å²) in [6, 6.07) is 2.04. The van der Waals surface area contributed by atoms with Crippen LogP contribution < -0.4 is 4.72 Å². The molecule has 0 saturated carbocycles. The summed E-state index contributed by atoms with van der Waals surface area (Å²) in [4.78, 5) is 16.5. The number of carbonyl (C=O) groups excluding carboxylic acids is 1. The zero-order valence-corrected chi connectivity index (χ0v) is 14.8. The Morgan fingerprint density at radius 1 is 1.38 bits per heavy atom. The van der Waals surface area contributed by atoms with E-state index in [1.165, 1.54) is 0 Å². The molecule has 1 atom stereocenters. The highest BCUT2D eigenvalue weighted by atomic mass is 32.2. The van der Waals surface area contributed by atoms with Gasteiger partial charge in [-0.3, -0.25) is 14.4 Å². The van der Waals surface area contributed by atoms with Crippen molar-refractivity contribution >= 4 is 15.9 Å². The van der Waals surface area contributed by atoms with Crippen molar-refractivity contribution in [2.75, 3.05) is 39.0 Å². The first-order chi connectivity index (χ1) is 11.4. The summed E-state index contributed by atoms with van der Waals surface area (Å²) in [5.41, 5.74) is 1.07. The molecular weight excluding hydrogens is 330 g/mol. The Morgan fingerprint density at radius 2 is 2.12 bits per heavy atom. The van der Waals surface area contributed by atoms with Gasteiger partial charge in [0.25, 0.3) is 0 Å². The zero-order valence-electron chi connectivity index (χ0n) is 14.0. The molecule has 3 heterocycles. The molecule has 2 aliphatic heterocycles. The second-order valence-corrected chi connectivity index (χ2v) is 8.47. The average Bonchev–Trinajstić information content (AvgIpc) is 3.17. The van der Waals surface area contributed by atoms with Gasteiger partial charge in [-0.15, -0.1) is 0 Å². The van der Waals surface area contributed by atoms with E-state index in [1.807, 2.05) is 15.6 Å². The van der Waals surface area contributed by atoms with Crippen molar-refractivity contribution in [2.45, 2.75) is 31.8 Å². The highest BCUT2D eigenvalue weighted by molar-refractivity contribution is 7.88. The maximum atomic E-state index is 12.4. The lowest BCUT2D eigenvalue weighted by Gasteiger charge is -2.34. The minimum Gasteiger partial charge on any atom is -0.342 e. The Morgan fingerprint density at radius 3 is 2.83 bits per heavy atom. The van der Waals surface area contributed by atoms with E-state index >= 15 is 0 Å². The third-order valence-electron chi connectivity index (χ3n) is 4.61. The van der Waals surface area contributed by atoms with Crippen LogP contribution in [0.2, 0.25) is 0 Å². The highest BCUT2D eigenvalue weighted by Gasteiger charge is 2.28. The third-order valence-corrected chi connectivity index (χ3v) is 5.34. The van der Waals surface area contributed by atoms with Gasteiger partial charge in [0.2, 0.25) is 15.9 Å². The van der Waals surface area contributed by atoms with Crippen LogP contribution in [0.1, 0.15) is 31.0 Å². The molecular formula is C15H25N5O3S. The van der Waals surface area contributed by atoms with Crippen LogP contribution in [-0.2, 0) is 21.4 Å². The van der Waals surface area contributed by atoms with Crippen LogP contribution in [0.25, 0.3) is 0 Å². The molecule has 0 radical (unpaired) electrons. The topological polar surface area (TPSA) is 87.5 Å². The van der Waals surface area contributed by atoms with E-state index in [9.17, 15) is 13.2 Å². The molecule has 0 spiro atoms. The Balaban J connectivity index is 1.61. The number of hydrogen-bond acceptors (Lipinski definition) is 5. The van der Waals surface area contributed by atoms with Crippen molar-refractivity contribution in [3.63, 3.8) is 0 Å². The molecule has 1 amide bonds. The van der Waals surface area contributed by atoms with Crippen molar-refractivity contribution in [1.82, 2.24) is 24.3 Å². The molecule has 1 fully saturated rings. The second kappa shape index (κ2) is 7.20.